The Labute approximate surface area is 141 Å². The lowest BCUT2D eigenvalue weighted by molar-refractivity contribution is -0.148. The van der Waals surface area contributed by atoms with Gasteiger partial charge in [0.25, 0.3) is 0 Å². The third kappa shape index (κ3) is 2.18. The fourth-order valence-electron chi connectivity index (χ4n) is 4.72. The molecule has 3 heterocycles. The van der Waals surface area contributed by atoms with Crippen molar-refractivity contribution in [3.8, 4) is 0 Å². The lowest BCUT2D eigenvalue weighted by Crippen LogP contribution is -2.39. The first-order valence-electron chi connectivity index (χ1n) is 8.63. The van der Waals surface area contributed by atoms with Crippen LogP contribution in [-0.2, 0) is 14.3 Å². The zero-order valence-corrected chi connectivity index (χ0v) is 13.9. The highest BCUT2D eigenvalue weighted by atomic mass is 16.5. The van der Waals surface area contributed by atoms with E-state index in [1.807, 2.05) is 12.2 Å². The van der Waals surface area contributed by atoms with Crippen LogP contribution in [0.3, 0.4) is 0 Å². The molecule has 0 saturated carbocycles. The minimum absolute atomic E-state index is 0.0721. The minimum Gasteiger partial charge on any atom is -0.481 e. The molecule has 0 aromatic carbocycles. The van der Waals surface area contributed by atoms with Gasteiger partial charge in [0.1, 0.15) is 11.5 Å². The van der Waals surface area contributed by atoms with Gasteiger partial charge in [-0.1, -0.05) is 36.0 Å². The Morgan fingerprint density at radius 2 is 2.33 bits per heavy atom. The first-order chi connectivity index (χ1) is 11.4. The van der Waals surface area contributed by atoms with Crippen molar-refractivity contribution in [3.05, 3.63) is 36.0 Å². The van der Waals surface area contributed by atoms with Gasteiger partial charge in [0, 0.05) is 6.54 Å². The second-order valence-corrected chi connectivity index (χ2v) is 7.61. The smallest absolute Gasteiger partial charge is 0.310 e. The van der Waals surface area contributed by atoms with Crippen LogP contribution in [0.2, 0.25) is 0 Å². The third-order valence-corrected chi connectivity index (χ3v) is 6.06. The van der Waals surface area contributed by atoms with Gasteiger partial charge in [-0.25, -0.2) is 0 Å². The van der Waals surface area contributed by atoms with Crippen molar-refractivity contribution in [1.82, 2.24) is 4.90 Å². The number of hydrogen-bond donors (Lipinski definition) is 1. The molecule has 0 aromatic heterocycles. The summed E-state index contributed by atoms with van der Waals surface area (Å²) in [4.78, 5) is 26.2. The van der Waals surface area contributed by atoms with Crippen LogP contribution in [0.5, 0.6) is 0 Å². The number of hydrogen-bond acceptors (Lipinski definition) is 3. The number of aliphatic carboxylic acids is 1. The average Bonchev–Trinajstić information content (AvgIpc) is 3.16. The van der Waals surface area contributed by atoms with E-state index in [1.165, 1.54) is 11.1 Å². The fraction of sp³-hybridized carbons (Fsp3) is 0.579. The van der Waals surface area contributed by atoms with E-state index in [2.05, 4.69) is 19.6 Å². The first kappa shape index (κ1) is 15.6. The number of fused-ring (bicyclic) bond motifs is 1. The third-order valence-electron chi connectivity index (χ3n) is 6.06. The van der Waals surface area contributed by atoms with Gasteiger partial charge in [0.15, 0.2) is 0 Å². The lowest BCUT2D eigenvalue weighted by Gasteiger charge is -2.26. The monoisotopic (exact) mass is 329 g/mol. The molecule has 1 N–H and O–H groups in total. The van der Waals surface area contributed by atoms with Crippen LogP contribution in [-0.4, -0.2) is 46.7 Å². The first-order valence-corrected chi connectivity index (χ1v) is 8.63. The predicted octanol–water partition coefficient (Wildman–Crippen LogP) is 2.16. The summed E-state index contributed by atoms with van der Waals surface area (Å²) in [5.41, 5.74) is 1.76. The van der Waals surface area contributed by atoms with Gasteiger partial charge in [-0.15, -0.1) is 0 Å². The van der Waals surface area contributed by atoms with Crippen LogP contribution >= 0.6 is 0 Å². The highest BCUT2D eigenvalue weighted by molar-refractivity contribution is 5.90. The molecule has 5 atom stereocenters. The van der Waals surface area contributed by atoms with Crippen molar-refractivity contribution in [2.75, 3.05) is 13.1 Å². The molecule has 0 unspecified atom stereocenters. The van der Waals surface area contributed by atoms with Crippen LogP contribution in [0.15, 0.2) is 36.0 Å². The van der Waals surface area contributed by atoms with Gasteiger partial charge in [-0.3, -0.25) is 9.59 Å². The number of likely N-dealkylation sites (tertiary alicyclic amines) is 1. The number of carbonyl (C=O) groups is 2. The molecule has 1 aliphatic carbocycles. The van der Waals surface area contributed by atoms with Gasteiger partial charge in [-0.05, 0) is 32.1 Å². The summed E-state index contributed by atoms with van der Waals surface area (Å²) in [6.07, 6.45) is 8.52. The molecular weight excluding hydrogens is 306 g/mol. The van der Waals surface area contributed by atoms with Crippen LogP contribution in [0.25, 0.3) is 0 Å². The Morgan fingerprint density at radius 1 is 1.54 bits per heavy atom. The number of carboxylic acids is 1. The minimum atomic E-state index is -0.937. The summed E-state index contributed by atoms with van der Waals surface area (Å²) in [5.74, 6) is -1.79. The van der Waals surface area contributed by atoms with Crippen LogP contribution < -0.4 is 0 Å². The number of allylic oxidation sites excluding steroid dienone is 2. The highest BCUT2D eigenvalue weighted by Gasteiger charge is 2.67. The summed E-state index contributed by atoms with van der Waals surface area (Å²) in [5, 5.41) is 9.48. The molecule has 5 heteroatoms. The maximum absolute atomic E-state index is 12.8. The molecule has 2 saturated heterocycles. The zero-order chi connectivity index (χ0) is 17.1. The number of carbonyl (C=O) groups excluding carboxylic acids is 1. The molecule has 4 aliphatic rings. The molecule has 1 spiro atoms. The predicted molar refractivity (Wildman–Crippen MR) is 88.2 cm³/mol. The zero-order valence-electron chi connectivity index (χ0n) is 13.9. The molecule has 5 nitrogen and oxygen atoms in total. The van der Waals surface area contributed by atoms with Gasteiger partial charge >= 0.3 is 5.97 Å². The number of amides is 1. The van der Waals surface area contributed by atoms with E-state index < -0.39 is 29.5 Å². The van der Waals surface area contributed by atoms with Crippen molar-refractivity contribution in [2.45, 2.75) is 37.9 Å². The number of rotatable bonds is 4. The molecule has 2 fully saturated rings. The summed E-state index contributed by atoms with van der Waals surface area (Å²) >= 11 is 0. The molecule has 0 aromatic rings. The molecular formula is C19H23NO4. The average molecular weight is 329 g/mol. The van der Waals surface area contributed by atoms with Crippen LogP contribution in [0, 0.1) is 17.8 Å². The van der Waals surface area contributed by atoms with Gasteiger partial charge < -0.3 is 14.7 Å². The maximum atomic E-state index is 12.8. The summed E-state index contributed by atoms with van der Waals surface area (Å²) in [7, 11) is 0. The Balaban J connectivity index is 1.50. The van der Waals surface area contributed by atoms with Gasteiger partial charge in [0.2, 0.25) is 5.91 Å². The largest absolute Gasteiger partial charge is 0.481 e. The summed E-state index contributed by atoms with van der Waals surface area (Å²) in [6.45, 7) is 7.16. The fourth-order valence-corrected chi connectivity index (χ4v) is 4.72. The normalized spacial score (nSPS) is 40.0. The Hall–Kier alpha value is -1.88. The van der Waals surface area contributed by atoms with E-state index in [0.717, 1.165) is 19.3 Å². The van der Waals surface area contributed by atoms with Crippen molar-refractivity contribution in [1.29, 1.82) is 0 Å². The van der Waals surface area contributed by atoms with Gasteiger partial charge in [0.05, 0.1) is 18.6 Å². The van der Waals surface area contributed by atoms with Crippen LogP contribution in [0.1, 0.15) is 26.2 Å². The van der Waals surface area contributed by atoms with Crippen molar-refractivity contribution >= 4 is 11.9 Å². The summed E-state index contributed by atoms with van der Waals surface area (Å²) < 4.78 is 5.91. The van der Waals surface area contributed by atoms with Crippen molar-refractivity contribution in [2.24, 2.45) is 17.8 Å². The Morgan fingerprint density at radius 3 is 2.96 bits per heavy atom. The van der Waals surface area contributed by atoms with Gasteiger partial charge in [-0.2, -0.15) is 0 Å². The molecule has 1 amide bonds. The molecule has 2 bridgehead atoms. The molecule has 4 rings (SSSR count). The van der Waals surface area contributed by atoms with E-state index in [4.69, 9.17) is 4.74 Å². The number of carboxylic acid groups (broad SMARTS) is 1. The highest BCUT2D eigenvalue weighted by Crippen LogP contribution is 2.52. The molecule has 3 aliphatic heterocycles. The topological polar surface area (TPSA) is 66.8 Å². The molecule has 128 valence electrons. The quantitative estimate of drug-likeness (QED) is 0.803. The van der Waals surface area contributed by atoms with E-state index in [1.54, 1.807) is 4.90 Å². The SMILES string of the molecule is C=C(C)[C@@H]1CC=C(CN2C[C@@]34C=C[C@H](O3)[C@@H](C(=O)O)[C@@H]4C2=O)CC1. The Kier molecular flexibility index (Phi) is 3.46. The second kappa shape index (κ2) is 5.31. The van der Waals surface area contributed by atoms with E-state index in [-0.39, 0.29) is 5.91 Å². The lowest BCUT2D eigenvalue weighted by atomic mass is 9.77. The number of ether oxygens (including phenoxy) is 1. The van der Waals surface area contributed by atoms with E-state index in [0.29, 0.717) is 19.0 Å². The van der Waals surface area contributed by atoms with E-state index >= 15 is 0 Å². The summed E-state index contributed by atoms with van der Waals surface area (Å²) in [6, 6.07) is 0. The Bertz CT molecular complexity index is 679. The van der Waals surface area contributed by atoms with E-state index in [9.17, 15) is 14.7 Å². The van der Waals surface area contributed by atoms with Crippen molar-refractivity contribution < 1.29 is 19.4 Å². The standard InChI is InChI=1S/C19H23NO4/c1-11(2)13-5-3-12(4-6-13)9-20-10-19-8-7-14(24-19)15(18(22)23)16(19)17(20)21/h3,7-8,13-16H,1,4-6,9-10H2,2H3,(H,22,23)/t13-,14+,15-,16-,19-/m1/s1. The van der Waals surface area contributed by atoms with Crippen molar-refractivity contribution in [3.63, 3.8) is 0 Å². The maximum Gasteiger partial charge on any atom is 0.310 e. The second-order valence-electron chi connectivity index (χ2n) is 7.61. The number of nitrogens with zero attached hydrogens (tertiary/aromatic N) is 1. The molecule has 24 heavy (non-hydrogen) atoms. The molecule has 0 radical (unpaired) electrons. The van der Waals surface area contributed by atoms with Crippen LogP contribution in [0.4, 0.5) is 0 Å².